The first-order valence-corrected chi connectivity index (χ1v) is 5.95. The van der Waals surface area contributed by atoms with Gasteiger partial charge in [0, 0.05) is 6.07 Å². The second kappa shape index (κ2) is 6.73. The van der Waals surface area contributed by atoms with E-state index in [-0.39, 0.29) is 29.4 Å². The fraction of sp³-hybridized carbons (Fsp3) is 0.462. The van der Waals surface area contributed by atoms with Gasteiger partial charge in [-0.2, -0.15) is 0 Å². The monoisotopic (exact) mass is 318 g/mol. The van der Waals surface area contributed by atoms with Crippen molar-refractivity contribution in [3.8, 4) is 5.75 Å². The van der Waals surface area contributed by atoms with Gasteiger partial charge in [-0.05, 0) is 32.4 Å². The molecule has 0 aliphatic carbocycles. The molecule has 0 aliphatic heterocycles. The Labute approximate surface area is 128 Å². The number of phenols is 1. The highest BCUT2D eigenvalue weighted by molar-refractivity contribution is 5.85. The highest BCUT2D eigenvalue weighted by atomic mass is 35.5. The van der Waals surface area contributed by atoms with Crippen LogP contribution in [0.2, 0.25) is 0 Å². The molecule has 0 saturated carbocycles. The number of carbonyl (C=O) groups excluding carboxylic acids is 1. The molecule has 0 heterocycles. The third-order valence-electron chi connectivity index (χ3n) is 3.39. The van der Waals surface area contributed by atoms with E-state index in [2.05, 4.69) is 4.74 Å². The second-order valence-electron chi connectivity index (χ2n) is 5.11. The highest BCUT2D eigenvalue weighted by Crippen LogP contribution is 2.42. The summed E-state index contributed by atoms with van der Waals surface area (Å²) in [6.45, 7) is 4.62. The molecule has 7 nitrogen and oxygen atoms in total. The summed E-state index contributed by atoms with van der Waals surface area (Å²) in [7, 11) is 1.21. The number of nitro benzene ring substituents is 1. The van der Waals surface area contributed by atoms with Crippen LogP contribution in [0.4, 0.5) is 5.69 Å². The highest BCUT2D eigenvalue weighted by Gasteiger charge is 2.41. The maximum atomic E-state index is 11.8. The van der Waals surface area contributed by atoms with Gasteiger partial charge in [-0.15, -0.1) is 12.4 Å². The zero-order valence-corrected chi connectivity index (χ0v) is 13.1. The molecule has 0 saturated heterocycles. The van der Waals surface area contributed by atoms with Crippen molar-refractivity contribution in [2.24, 2.45) is 11.1 Å². The molecule has 1 aromatic rings. The largest absolute Gasteiger partial charge is 0.507 e. The molecule has 0 unspecified atom stereocenters. The molecule has 0 amide bonds. The van der Waals surface area contributed by atoms with Crippen molar-refractivity contribution >= 4 is 24.1 Å². The Hall–Kier alpha value is -1.86. The van der Waals surface area contributed by atoms with E-state index in [1.54, 1.807) is 6.92 Å². The number of nitrogens with zero attached hydrogens (tertiary/aromatic N) is 1. The molecule has 0 aliphatic rings. The first-order valence-electron chi connectivity index (χ1n) is 5.95. The summed E-state index contributed by atoms with van der Waals surface area (Å²) in [5.74, 6) is -0.885. The van der Waals surface area contributed by atoms with Crippen LogP contribution in [0.3, 0.4) is 0 Å². The van der Waals surface area contributed by atoms with Gasteiger partial charge < -0.3 is 15.6 Å². The summed E-state index contributed by atoms with van der Waals surface area (Å²) in [6, 6.07) is 1.61. The van der Waals surface area contributed by atoms with Crippen LogP contribution < -0.4 is 5.73 Å². The number of methoxy groups -OCH3 is 1. The van der Waals surface area contributed by atoms with Gasteiger partial charge in [-0.3, -0.25) is 14.9 Å². The first-order chi connectivity index (χ1) is 9.14. The number of carbonyl (C=O) groups is 1. The number of aryl methyl sites for hydroxylation is 1. The van der Waals surface area contributed by atoms with Crippen molar-refractivity contribution in [3.05, 3.63) is 33.4 Å². The number of aromatic hydroxyl groups is 1. The predicted octanol–water partition coefficient (Wildman–Crippen LogP) is 2.23. The molecule has 0 radical (unpaired) electrons. The number of halogens is 1. The predicted molar refractivity (Wildman–Crippen MR) is 79.5 cm³/mol. The molecule has 8 heteroatoms. The van der Waals surface area contributed by atoms with Crippen molar-refractivity contribution in [3.63, 3.8) is 0 Å². The number of phenolic OH excluding ortho intramolecular Hbond substituents is 1. The quantitative estimate of drug-likeness (QED) is 0.499. The lowest BCUT2D eigenvalue weighted by Gasteiger charge is -2.29. The van der Waals surface area contributed by atoms with Gasteiger partial charge in [-0.25, -0.2) is 0 Å². The minimum absolute atomic E-state index is 0. The number of hydrogen-bond acceptors (Lipinski definition) is 6. The molecule has 21 heavy (non-hydrogen) atoms. The summed E-state index contributed by atoms with van der Waals surface area (Å²) in [5.41, 5.74) is 4.83. The Balaban J connectivity index is 0.00000400. The topological polar surface area (TPSA) is 116 Å². The van der Waals surface area contributed by atoms with Crippen LogP contribution in [0, 0.1) is 22.5 Å². The van der Waals surface area contributed by atoms with E-state index >= 15 is 0 Å². The summed E-state index contributed by atoms with van der Waals surface area (Å²) in [6.07, 6.45) is 0. The number of rotatable bonds is 4. The van der Waals surface area contributed by atoms with Crippen molar-refractivity contribution in [1.29, 1.82) is 0 Å². The molecule has 1 rings (SSSR count). The van der Waals surface area contributed by atoms with Crippen LogP contribution in [-0.4, -0.2) is 23.1 Å². The molecule has 0 spiro atoms. The Kier molecular flexibility index (Phi) is 6.13. The van der Waals surface area contributed by atoms with Gasteiger partial charge in [-0.1, -0.05) is 0 Å². The summed E-state index contributed by atoms with van der Waals surface area (Å²) in [5, 5.41) is 21.2. The molecule has 0 fully saturated rings. The van der Waals surface area contributed by atoms with Crippen molar-refractivity contribution in [1.82, 2.24) is 0 Å². The zero-order chi connectivity index (χ0) is 15.7. The van der Waals surface area contributed by atoms with Crippen molar-refractivity contribution in [2.45, 2.75) is 26.8 Å². The maximum Gasteiger partial charge on any atom is 0.313 e. The van der Waals surface area contributed by atoms with E-state index in [9.17, 15) is 20.0 Å². The van der Waals surface area contributed by atoms with Crippen molar-refractivity contribution in [2.75, 3.05) is 7.11 Å². The molecule has 0 aromatic heterocycles. The van der Waals surface area contributed by atoms with E-state index in [1.807, 2.05) is 0 Å². The number of esters is 1. The maximum absolute atomic E-state index is 11.8. The van der Waals surface area contributed by atoms with E-state index in [0.29, 0.717) is 5.56 Å². The SMILES string of the molecule is COC(=O)C(C)(C)[C@@H](N)c1c([N+](=O)[O-])ccc(C)c1O.Cl. The van der Waals surface area contributed by atoms with Crippen LogP contribution in [0.25, 0.3) is 0 Å². The molecule has 0 bridgehead atoms. The van der Waals surface area contributed by atoms with Gasteiger partial charge in [0.15, 0.2) is 0 Å². The Morgan fingerprint density at radius 1 is 1.48 bits per heavy atom. The Morgan fingerprint density at radius 3 is 2.43 bits per heavy atom. The number of nitro groups is 1. The fourth-order valence-corrected chi connectivity index (χ4v) is 1.92. The van der Waals surface area contributed by atoms with E-state index < -0.39 is 22.3 Å². The van der Waals surface area contributed by atoms with Crippen LogP contribution in [0.15, 0.2) is 12.1 Å². The van der Waals surface area contributed by atoms with Crippen molar-refractivity contribution < 1.29 is 19.6 Å². The molecular formula is C13H19ClN2O5. The van der Waals surface area contributed by atoms with Gasteiger partial charge in [0.1, 0.15) is 5.75 Å². The standard InChI is InChI=1S/C13H18N2O5.ClH/c1-7-5-6-8(15(18)19)9(10(7)16)11(14)13(2,3)12(17)20-4;/h5-6,11,16H,14H2,1-4H3;1H/t11-;/m0./s1. The minimum Gasteiger partial charge on any atom is -0.507 e. The van der Waals surface area contributed by atoms with E-state index in [0.717, 1.165) is 0 Å². The lowest BCUT2D eigenvalue weighted by Crippen LogP contribution is -2.37. The summed E-state index contributed by atoms with van der Waals surface area (Å²) in [4.78, 5) is 22.2. The number of hydrogen-bond donors (Lipinski definition) is 2. The number of benzene rings is 1. The Morgan fingerprint density at radius 2 is 2.00 bits per heavy atom. The lowest BCUT2D eigenvalue weighted by atomic mass is 9.79. The molecule has 118 valence electrons. The average Bonchev–Trinajstić information content (AvgIpc) is 2.39. The Bertz CT molecular complexity index is 560. The summed E-state index contributed by atoms with van der Waals surface area (Å²) >= 11 is 0. The lowest BCUT2D eigenvalue weighted by molar-refractivity contribution is -0.386. The van der Waals surface area contributed by atoms with Gasteiger partial charge in [0.25, 0.3) is 5.69 Å². The van der Waals surface area contributed by atoms with Gasteiger partial charge in [0.2, 0.25) is 0 Å². The first kappa shape index (κ1) is 19.1. The van der Waals surface area contributed by atoms with Gasteiger partial charge >= 0.3 is 5.97 Å². The minimum atomic E-state index is -1.22. The average molecular weight is 319 g/mol. The van der Waals surface area contributed by atoms with E-state index in [4.69, 9.17) is 5.73 Å². The smallest absolute Gasteiger partial charge is 0.313 e. The molecule has 1 aromatic carbocycles. The fourth-order valence-electron chi connectivity index (χ4n) is 1.92. The van der Waals surface area contributed by atoms with Crippen LogP contribution in [-0.2, 0) is 9.53 Å². The molecular weight excluding hydrogens is 300 g/mol. The zero-order valence-electron chi connectivity index (χ0n) is 12.2. The second-order valence-corrected chi connectivity index (χ2v) is 5.11. The molecule has 1 atom stereocenters. The normalized spacial score (nSPS) is 12.2. The van der Waals surface area contributed by atoms with Gasteiger partial charge in [0.05, 0.1) is 29.1 Å². The number of ether oxygens (including phenoxy) is 1. The van der Waals surface area contributed by atoms with Crippen LogP contribution in [0.1, 0.15) is 31.0 Å². The third kappa shape index (κ3) is 3.43. The van der Waals surface area contributed by atoms with Crippen LogP contribution in [0.5, 0.6) is 5.75 Å². The van der Waals surface area contributed by atoms with Crippen LogP contribution >= 0.6 is 12.4 Å². The molecule has 3 N–H and O–H groups in total. The number of nitrogens with two attached hydrogens (primary N) is 1. The third-order valence-corrected chi connectivity index (χ3v) is 3.39. The van der Waals surface area contributed by atoms with E-state index in [1.165, 1.54) is 33.1 Å². The summed E-state index contributed by atoms with van der Waals surface area (Å²) < 4.78 is 4.66.